The minimum Gasteiger partial charge on any atom is -0.357 e. The maximum absolute atomic E-state index is 4.78. The van der Waals surface area contributed by atoms with Crippen LogP contribution in [0.15, 0.2) is 23.3 Å². The van der Waals surface area contributed by atoms with Crippen LogP contribution in [0, 0.1) is 5.41 Å². The third-order valence-electron chi connectivity index (χ3n) is 6.05. The van der Waals surface area contributed by atoms with Crippen molar-refractivity contribution < 1.29 is 0 Å². The lowest BCUT2D eigenvalue weighted by Crippen LogP contribution is -2.42. The molecule has 0 radical (unpaired) electrons. The highest BCUT2D eigenvalue weighted by molar-refractivity contribution is 5.79. The van der Waals surface area contributed by atoms with Crippen LogP contribution in [0.4, 0.5) is 5.82 Å². The molecule has 1 saturated carbocycles. The molecule has 5 nitrogen and oxygen atoms in total. The summed E-state index contributed by atoms with van der Waals surface area (Å²) in [6.45, 7) is 9.30. The average molecular weight is 358 g/mol. The van der Waals surface area contributed by atoms with Gasteiger partial charge in [-0.1, -0.05) is 25.8 Å². The average Bonchev–Trinajstić information content (AvgIpc) is 3.37. The van der Waals surface area contributed by atoms with Gasteiger partial charge in [0, 0.05) is 32.4 Å². The first-order chi connectivity index (χ1) is 12.7. The van der Waals surface area contributed by atoms with E-state index in [4.69, 9.17) is 4.99 Å². The van der Waals surface area contributed by atoms with Crippen LogP contribution in [0.25, 0.3) is 0 Å². The van der Waals surface area contributed by atoms with Crippen molar-refractivity contribution in [1.82, 2.24) is 15.6 Å². The largest absolute Gasteiger partial charge is 0.357 e. The van der Waals surface area contributed by atoms with Gasteiger partial charge in [0.2, 0.25) is 0 Å². The molecule has 0 aromatic carbocycles. The maximum Gasteiger partial charge on any atom is 0.191 e. The van der Waals surface area contributed by atoms with Gasteiger partial charge in [-0.3, -0.25) is 0 Å². The van der Waals surface area contributed by atoms with Gasteiger partial charge in [-0.15, -0.1) is 0 Å². The number of guanidine groups is 1. The zero-order chi connectivity index (χ0) is 18.2. The number of nitrogens with one attached hydrogen (secondary N) is 2. The van der Waals surface area contributed by atoms with Gasteiger partial charge in [0.15, 0.2) is 5.96 Å². The number of anilines is 1. The molecule has 0 amide bonds. The third-order valence-corrected chi connectivity index (χ3v) is 6.05. The molecule has 1 aromatic heterocycles. The van der Waals surface area contributed by atoms with Gasteiger partial charge in [-0.2, -0.15) is 0 Å². The van der Waals surface area contributed by atoms with Crippen LogP contribution < -0.4 is 15.5 Å². The van der Waals surface area contributed by atoms with Crippen LogP contribution >= 0.6 is 0 Å². The third kappa shape index (κ3) is 4.89. The van der Waals surface area contributed by atoms with E-state index in [2.05, 4.69) is 46.5 Å². The second kappa shape index (κ2) is 9.24. The summed E-state index contributed by atoms with van der Waals surface area (Å²) in [6.07, 6.45) is 11.2. The Balaban J connectivity index is 1.56. The van der Waals surface area contributed by atoms with Gasteiger partial charge in [-0.05, 0) is 56.1 Å². The van der Waals surface area contributed by atoms with Crippen molar-refractivity contribution in [2.75, 3.05) is 31.1 Å². The van der Waals surface area contributed by atoms with E-state index in [1.807, 2.05) is 6.20 Å². The molecule has 0 spiro atoms. The lowest BCUT2D eigenvalue weighted by atomic mass is 9.83. The van der Waals surface area contributed by atoms with Crippen molar-refractivity contribution in [3.05, 3.63) is 23.9 Å². The van der Waals surface area contributed by atoms with Crippen LogP contribution in [-0.2, 0) is 6.54 Å². The van der Waals surface area contributed by atoms with Crippen LogP contribution in [0.2, 0.25) is 0 Å². The van der Waals surface area contributed by atoms with Crippen molar-refractivity contribution >= 4 is 11.8 Å². The van der Waals surface area contributed by atoms with Crippen LogP contribution in [-0.4, -0.2) is 37.1 Å². The number of pyridine rings is 1. The maximum atomic E-state index is 4.78. The zero-order valence-electron chi connectivity index (χ0n) is 16.6. The summed E-state index contributed by atoms with van der Waals surface area (Å²) in [7, 11) is 0. The van der Waals surface area contributed by atoms with E-state index in [1.54, 1.807) is 0 Å². The summed E-state index contributed by atoms with van der Waals surface area (Å²) in [5.41, 5.74) is 1.63. The normalized spacial score (nSPS) is 19.8. The highest BCUT2D eigenvalue weighted by Crippen LogP contribution is 2.40. The fourth-order valence-electron chi connectivity index (χ4n) is 4.21. The fourth-order valence-corrected chi connectivity index (χ4v) is 4.21. The van der Waals surface area contributed by atoms with Gasteiger partial charge in [-0.25, -0.2) is 9.98 Å². The minimum atomic E-state index is 0.467. The van der Waals surface area contributed by atoms with Crippen molar-refractivity contribution in [3.8, 4) is 0 Å². The van der Waals surface area contributed by atoms with Crippen LogP contribution in [0.5, 0.6) is 0 Å². The molecule has 0 atom stereocenters. The molecule has 5 heteroatoms. The molecule has 2 fully saturated rings. The summed E-state index contributed by atoms with van der Waals surface area (Å²) in [4.78, 5) is 11.8. The Labute approximate surface area is 158 Å². The highest BCUT2D eigenvalue weighted by atomic mass is 15.2. The Morgan fingerprint density at radius 2 is 1.88 bits per heavy atom. The number of hydrogen-bond acceptors (Lipinski definition) is 3. The molecule has 3 rings (SSSR count). The Morgan fingerprint density at radius 3 is 2.50 bits per heavy atom. The van der Waals surface area contributed by atoms with Crippen molar-refractivity contribution in [1.29, 1.82) is 0 Å². The van der Waals surface area contributed by atoms with Crippen LogP contribution in [0.3, 0.4) is 0 Å². The zero-order valence-corrected chi connectivity index (χ0v) is 16.6. The van der Waals surface area contributed by atoms with Gasteiger partial charge in [0.25, 0.3) is 0 Å². The quantitative estimate of drug-likeness (QED) is 0.577. The summed E-state index contributed by atoms with van der Waals surface area (Å²) in [5, 5.41) is 6.98. The Bertz CT molecular complexity index is 569. The topological polar surface area (TPSA) is 52.6 Å². The molecule has 2 aliphatic rings. The van der Waals surface area contributed by atoms with Gasteiger partial charge < -0.3 is 15.5 Å². The van der Waals surface area contributed by atoms with Gasteiger partial charge >= 0.3 is 0 Å². The van der Waals surface area contributed by atoms with E-state index >= 15 is 0 Å². The molecule has 26 heavy (non-hydrogen) atoms. The number of aliphatic imine (C=N–C) groups is 1. The summed E-state index contributed by atoms with van der Waals surface area (Å²) in [6, 6.07) is 4.30. The number of nitrogens with zero attached hydrogens (tertiary/aromatic N) is 3. The monoisotopic (exact) mass is 357 g/mol. The summed E-state index contributed by atoms with van der Waals surface area (Å²) < 4.78 is 0. The van der Waals surface area contributed by atoms with Crippen LogP contribution in [0.1, 0.15) is 64.4 Å². The molecule has 144 valence electrons. The molecular weight excluding hydrogens is 322 g/mol. The molecular formula is C21H35N5. The van der Waals surface area contributed by atoms with E-state index in [0.29, 0.717) is 12.0 Å². The first kappa shape index (κ1) is 19.0. The first-order valence-electron chi connectivity index (χ1n) is 10.5. The summed E-state index contributed by atoms with van der Waals surface area (Å²) in [5.74, 6) is 2.03. The summed E-state index contributed by atoms with van der Waals surface area (Å²) >= 11 is 0. The van der Waals surface area contributed by atoms with E-state index < -0.39 is 0 Å². The molecule has 2 heterocycles. The SMILES string of the molecule is CCNC(=NCc1ccc(N2CCCC2)nc1)NCC1(CC)CCCC1. The Morgan fingerprint density at radius 1 is 1.12 bits per heavy atom. The molecule has 1 aromatic rings. The molecule has 2 N–H and O–H groups in total. The van der Waals surface area contributed by atoms with Crippen molar-refractivity contribution in [2.24, 2.45) is 10.4 Å². The predicted molar refractivity (Wildman–Crippen MR) is 110 cm³/mol. The number of rotatable bonds is 7. The van der Waals surface area contributed by atoms with Crippen molar-refractivity contribution in [2.45, 2.75) is 65.3 Å². The molecule has 0 unspecified atom stereocenters. The highest BCUT2D eigenvalue weighted by Gasteiger charge is 2.31. The Hall–Kier alpha value is -1.78. The molecule has 1 aliphatic carbocycles. The minimum absolute atomic E-state index is 0.467. The Kier molecular flexibility index (Phi) is 6.75. The lowest BCUT2D eigenvalue weighted by molar-refractivity contribution is 0.283. The molecule has 0 bridgehead atoms. The number of aromatic nitrogens is 1. The van der Waals surface area contributed by atoms with E-state index in [0.717, 1.165) is 43.5 Å². The second-order valence-corrected chi connectivity index (χ2v) is 7.83. The standard InChI is InChI=1S/C21H35N5/c1-3-21(11-5-6-12-21)17-25-20(22-4-2)24-16-18-9-10-19(23-15-18)26-13-7-8-14-26/h9-10,15H,3-8,11-14,16-17H2,1-2H3,(H2,22,24,25). The fraction of sp³-hybridized carbons (Fsp3) is 0.714. The smallest absolute Gasteiger partial charge is 0.191 e. The molecule has 1 saturated heterocycles. The predicted octanol–water partition coefficient (Wildman–Crippen LogP) is 3.71. The molecule has 1 aliphatic heterocycles. The van der Waals surface area contributed by atoms with Gasteiger partial charge in [0.1, 0.15) is 5.82 Å². The second-order valence-electron chi connectivity index (χ2n) is 7.83. The van der Waals surface area contributed by atoms with E-state index in [1.165, 1.54) is 44.9 Å². The number of hydrogen-bond donors (Lipinski definition) is 2. The van der Waals surface area contributed by atoms with Crippen molar-refractivity contribution in [3.63, 3.8) is 0 Å². The first-order valence-corrected chi connectivity index (χ1v) is 10.5. The van der Waals surface area contributed by atoms with E-state index in [9.17, 15) is 0 Å². The lowest BCUT2D eigenvalue weighted by Gasteiger charge is -2.28. The van der Waals surface area contributed by atoms with Gasteiger partial charge in [0.05, 0.1) is 6.54 Å². The van der Waals surface area contributed by atoms with E-state index in [-0.39, 0.29) is 0 Å².